The molecule has 6 aromatic rings. The molecule has 2 aliphatic rings. The molecule has 3 N–H and O–H groups in total. The fourth-order valence-electron chi connectivity index (χ4n) is 9.23. The minimum atomic E-state index is -4.44. The number of likely N-dealkylation sites (tertiary alicyclic amines) is 1. The predicted octanol–water partition coefficient (Wildman–Crippen LogP) is 9.53. The minimum absolute atomic E-state index is 0.153. The van der Waals surface area contributed by atoms with E-state index in [1.807, 2.05) is 82.6 Å². The normalized spacial score (nSPS) is 16.6. The van der Waals surface area contributed by atoms with Gasteiger partial charge < -0.3 is 25.6 Å². The monoisotopic (exact) mass is 987 g/mol. The van der Waals surface area contributed by atoms with Crippen molar-refractivity contribution in [3.8, 4) is 21.9 Å². The van der Waals surface area contributed by atoms with E-state index in [-0.39, 0.29) is 42.0 Å². The molecule has 0 radical (unpaired) electrons. The Hall–Kier alpha value is -6.62. The predicted molar refractivity (Wildman–Crippen MR) is 270 cm³/mol. The van der Waals surface area contributed by atoms with E-state index in [2.05, 4.69) is 42.9 Å². The molecule has 0 saturated carbocycles. The van der Waals surface area contributed by atoms with Crippen LogP contribution in [0.5, 0.6) is 11.5 Å². The number of hydrogen-bond acceptors (Lipinski definition) is 9. The van der Waals surface area contributed by atoms with Crippen molar-refractivity contribution in [3.05, 3.63) is 148 Å². The Balaban J connectivity index is 0.788. The molecule has 0 spiro atoms. The highest BCUT2D eigenvalue weighted by Crippen LogP contribution is 2.35. The molecule has 5 aromatic carbocycles. The third kappa shape index (κ3) is 12.7. The van der Waals surface area contributed by atoms with Crippen molar-refractivity contribution in [1.29, 1.82) is 0 Å². The molecule has 0 aliphatic carbocycles. The first-order chi connectivity index (χ1) is 33.9. The molecule has 4 amide bonds. The lowest BCUT2D eigenvalue weighted by Gasteiger charge is -2.37. The number of ether oxygens (including phenoxy) is 1. The Morgan fingerprint density at radius 1 is 0.817 bits per heavy atom. The third-order valence-corrected chi connectivity index (χ3v) is 14.2. The number of fused-ring (bicyclic) bond motifs is 1. The lowest BCUT2D eigenvalue weighted by atomic mass is 9.85. The van der Waals surface area contributed by atoms with E-state index in [0.29, 0.717) is 62.3 Å². The Bertz CT molecular complexity index is 2860. The first-order valence-electron chi connectivity index (χ1n) is 24.0. The first-order valence-corrected chi connectivity index (χ1v) is 24.9. The molecule has 0 bridgehead atoms. The van der Waals surface area contributed by atoms with E-state index in [1.54, 1.807) is 46.6 Å². The summed E-state index contributed by atoms with van der Waals surface area (Å²) < 4.78 is 45.0. The molecule has 0 unspecified atom stereocenters. The van der Waals surface area contributed by atoms with Gasteiger partial charge in [0, 0.05) is 56.8 Å². The van der Waals surface area contributed by atoms with Gasteiger partial charge in [0.2, 0.25) is 17.7 Å². The summed E-state index contributed by atoms with van der Waals surface area (Å²) >= 11 is 1.59. The molecule has 12 nitrogen and oxygen atoms in total. The zero-order valence-electron chi connectivity index (χ0n) is 40.6. The highest BCUT2D eigenvalue weighted by atomic mass is 32.1. The lowest BCUT2D eigenvalue weighted by molar-refractivity contribution is -0.144. The molecule has 2 saturated heterocycles. The second-order valence-corrected chi connectivity index (χ2v) is 20.4. The van der Waals surface area contributed by atoms with Crippen LogP contribution < -0.4 is 20.7 Å². The largest absolute Gasteiger partial charge is 0.457 e. The van der Waals surface area contributed by atoms with Gasteiger partial charge in [-0.3, -0.25) is 29.0 Å². The van der Waals surface area contributed by atoms with Crippen LogP contribution in [0.4, 0.5) is 13.2 Å². The number of aromatic nitrogens is 1. The second-order valence-electron chi connectivity index (χ2n) is 19.5. The Kier molecular flexibility index (Phi) is 15.6. The summed E-state index contributed by atoms with van der Waals surface area (Å²) in [6, 6.07) is 29.5. The highest BCUT2D eigenvalue weighted by molar-refractivity contribution is 7.13. The minimum Gasteiger partial charge on any atom is -0.457 e. The number of hydrogen-bond donors (Lipinski definition) is 3. The summed E-state index contributed by atoms with van der Waals surface area (Å²) in [6.07, 6.45) is -3.19. The van der Waals surface area contributed by atoms with Crippen LogP contribution >= 0.6 is 11.3 Å². The summed E-state index contributed by atoms with van der Waals surface area (Å²) in [7, 11) is 0. The van der Waals surface area contributed by atoms with E-state index >= 15 is 0 Å². The SMILES string of the molecule is Cc1ncsc1-c1ccc([C@@H](C)NC(=O)[C@H]2CCCN2C(=O)[C@H](NC(=O)CN2CCN(Cc3cccc(CNC(=O)c4ccc5c(Oc6ccc(C(F)(F)F)cc6)cccc5c4)c3)CC2)C(C)(C)C)cc1. The summed E-state index contributed by atoms with van der Waals surface area (Å²) in [4.78, 5) is 66.4. The number of carbonyl (C=O) groups excluding carboxylic acids is 4. The average Bonchev–Trinajstić information content (AvgIpc) is 4.02. The fraction of sp³-hybridized carbons (Fsp3) is 0.364. The summed E-state index contributed by atoms with van der Waals surface area (Å²) in [5.41, 5.74) is 6.00. The van der Waals surface area contributed by atoms with Crippen molar-refractivity contribution in [3.63, 3.8) is 0 Å². The number of rotatable bonds is 15. The van der Waals surface area contributed by atoms with Gasteiger partial charge in [-0.25, -0.2) is 4.98 Å². The molecule has 1 aromatic heterocycles. The second kappa shape index (κ2) is 21.8. The van der Waals surface area contributed by atoms with E-state index in [0.717, 1.165) is 63.4 Å². The van der Waals surface area contributed by atoms with Gasteiger partial charge in [0.1, 0.15) is 23.6 Å². The molecule has 71 heavy (non-hydrogen) atoms. The van der Waals surface area contributed by atoms with E-state index in [1.165, 1.54) is 12.1 Å². The molecular formula is C55H60F3N7O5S. The maximum Gasteiger partial charge on any atom is 0.416 e. The zero-order valence-corrected chi connectivity index (χ0v) is 41.5. The summed E-state index contributed by atoms with van der Waals surface area (Å²) in [5, 5.41) is 10.7. The van der Waals surface area contributed by atoms with Crippen LogP contribution in [0.3, 0.4) is 0 Å². The standard InChI is InChI=1S/C55H60F3N7O5S/c1-35(39-14-16-40(17-15-39)49-36(2)60-34-71-49)61-52(68)46-12-8-24-65(46)53(69)50(54(3,4)5)62-48(66)33-64-27-25-63(26-28-64)32-38-10-6-9-37(29-38)31-59-51(67)42-18-23-45-41(30-42)11-7-13-47(45)70-44-21-19-43(20-22-44)55(56,57)58/h6-7,9-11,13-23,29-30,34-35,46,50H,8,12,24-28,31-33H2,1-5H3,(H,59,67)(H,61,68)(H,62,66)/t35-,46-,50+/m1/s1. The van der Waals surface area contributed by atoms with E-state index < -0.39 is 29.2 Å². The van der Waals surface area contributed by atoms with Gasteiger partial charge in [-0.2, -0.15) is 13.2 Å². The van der Waals surface area contributed by atoms with Gasteiger partial charge in [0.05, 0.1) is 34.2 Å². The van der Waals surface area contributed by atoms with Crippen molar-refractivity contribution in [1.82, 2.24) is 35.6 Å². The molecule has 8 rings (SSSR count). The molecule has 16 heteroatoms. The molecule has 3 atom stereocenters. The number of piperazine rings is 1. The first kappa shape index (κ1) is 50.8. The zero-order chi connectivity index (χ0) is 50.5. The number of benzene rings is 5. The van der Waals surface area contributed by atoms with Gasteiger partial charge in [-0.1, -0.05) is 81.4 Å². The Labute approximate surface area is 416 Å². The number of alkyl halides is 3. The number of amides is 4. The van der Waals surface area contributed by atoms with Crippen LogP contribution in [-0.4, -0.2) is 94.7 Å². The number of aryl methyl sites for hydroxylation is 1. The highest BCUT2D eigenvalue weighted by Gasteiger charge is 2.42. The van der Waals surface area contributed by atoms with Gasteiger partial charge in [0.15, 0.2) is 0 Å². The van der Waals surface area contributed by atoms with Crippen molar-refractivity contribution in [2.24, 2.45) is 5.41 Å². The topological polar surface area (TPSA) is 136 Å². The number of halogens is 3. The quantitative estimate of drug-likeness (QED) is 0.0927. The van der Waals surface area contributed by atoms with Gasteiger partial charge in [-0.15, -0.1) is 11.3 Å². The van der Waals surface area contributed by atoms with Crippen LogP contribution in [0.2, 0.25) is 0 Å². The number of thiazole rings is 1. The molecule has 2 fully saturated rings. The van der Waals surface area contributed by atoms with Crippen LogP contribution in [0.1, 0.15) is 84.9 Å². The number of nitrogens with one attached hydrogen (secondary N) is 3. The maximum absolute atomic E-state index is 14.2. The van der Waals surface area contributed by atoms with Crippen LogP contribution in [0, 0.1) is 12.3 Å². The van der Waals surface area contributed by atoms with Crippen molar-refractivity contribution in [2.45, 2.75) is 84.9 Å². The van der Waals surface area contributed by atoms with Crippen molar-refractivity contribution >= 4 is 45.7 Å². The summed E-state index contributed by atoms with van der Waals surface area (Å²) in [6.45, 7) is 14.2. The molecule has 2 aliphatic heterocycles. The number of carbonyl (C=O) groups is 4. The van der Waals surface area contributed by atoms with Crippen LogP contribution in [0.15, 0.2) is 115 Å². The van der Waals surface area contributed by atoms with Gasteiger partial charge in [0.25, 0.3) is 5.91 Å². The van der Waals surface area contributed by atoms with E-state index in [9.17, 15) is 32.3 Å². The molecule has 372 valence electrons. The number of nitrogens with zero attached hydrogens (tertiary/aromatic N) is 4. The van der Waals surface area contributed by atoms with Gasteiger partial charge in [-0.05, 0) is 108 Å². The van der Waals surface area contributed by atoms with Crippen molar-refractivity contribution < 1.29 is 37.1 Å². The average molecular weight is 988 g/mol. The van der Waals surface area contributed by atoms with Gasteiger partial charge >= 0.3 is 6.18 Å². The summed E-state index contributed by atoms with van der Waals surface area (Å²) in [5.74, 6) is -0.205. The van der Waals surface area contributed by atoms with Crippen LogP contribution in [0.25, 0.3) is 21.2 Å². The van der Waals surface area contributed by atoms with Crippen molar-refractivity contribution in [2.75, 3.05) is 39.3 Å². The fourth-order valence-corrected chi connectivity index (χ4v) is 10.0. The van der Waals surface area contributed by atoms with Crippen LogP contribution in [-0.2, 0) is 33.6 Å². The third-order valence-electron chi connectivity index (χ3n) is 13.2. The Morgan fingerprint density at radius 3 is 2.21 bits per heavy atom. The van der Waals surface area contributed by atoms with E-state index in [4.69, 9.17) is 4.74 Å². The molecular weight excluding hydrogens is 928 g/mol. The Morgan fingerprint density at radius 2 is 1.52 bits per heavy atom. The maximum atomic E-state index is 14.2. The molecule has 3 heterocycles. The lowest BCUT2D eigenvalue weighted by Crippen LogP contribution is -2.59. The smallest absolute Gasteiger partial charge is 0.416 e.